The zero-order valence-electron chi connectivity index (χ0n) is 2.38. The van der Waals surface area contributed by atoms with Crippen LogP contribution in [0, 0.1) is 0 Å². The molecule has 26 valence electrons. The quantitative estimate of drug-likeness (QED) is 0.316. The van der Waals surface area contributed by atoms with E-state index in [1.54, 1.807) is 0 Å². The molecule has 0 aliphatic heterocycles. The summed E-state index contributed by atoms with van der Waals surface area (Å²) in [6, 6.07) is 0. The van der Waals surface area contributed by atoms with E-state index < -0.39 is 11.4 Å². The molecule has 0 amide bonds. The van der Waals surface area contributed by atoms with Crippen LogP contribution in [0.2, 0.25) is 0 Å². The SMILES string of the molecule is O=S([O-])O.[Mg+2]. The summed E-state index contributed by atoms with van der Waals surface area (Å²) in [5.74, 6) is 0. The van der Waals surface area contributed by atoms with Crippen molar-refractivity contribution in [2.75, 3.05) is 0 Å². The van der Waals surface area contributed by atoms with Gasteiger partial charge in [0, 0.05) is 0 Å². The third-order valence-electron chi connectivity index (χ3n) is 0. The summed E-state index contributed by atoms with van der Waals surface area (Å²) in [7, 11) is 0. The molecule has 0 fully saturated rings. The maximum atomic E-state index is 8.56. The van der Waals surface area contributed by atoms with Crippen molar-refractivity contribution in [2.24, 2.45) is 0 Å². The molecular formula is HMgO3S+. The monoisotopic (exact) mass is 105 g/mol. The van der Waals surface area contributed by atoms with Crippen LogP contribution in [0.5, 0.6) is 0 Å². The predicted octanol–water partition coefficient (Wildman–Crippen LogP) is -1.04. The Balaban J connectivity index is 0. The van der Waals surface area contributed by atoms with Gasteiger partial charge in [0.25, 0.3) is 0 Å². The van der Waals surface area contributed by atoms with Gasteiger partial charge in [-0.05, 0) is 0 Å². The van der Waals surface area contributed by atoms with Gasteiger partial charge in [-0.15, -0.1) is 0 Å². The molecule has 0 rings (SSSR count). The molecule has 1 N–H and O–H groups in total. The first kappa shape index (κ1) is 9.28. The normalized spacial score (nSPS) is 12.4. The molecule has 3 nitrogen and oxygen atoms in total. The fourth-order valence-electron chi connectivity index (χ4n) is 0. The van der Waals surface area contributed by atoms with Crippen molar-refractivity contribution in [3.05, 3.63) is 0 Å². The van der Waals surface area contributed by atoms with Crippen molar-refractivity contribution >= 4 is 34.4 Å². The molecule has 0 saturated carbocycles. The van der Waals surface area contributed by atoms with Crippen LogP contribution in [0.1, 0.15) is 0 Å². The Bertz CT molecular complexity index is 29.9. The second-order valence-corrected chi connectivity index (χ2v) is 0.651. The molecule has 1 unspecified atom stereocenters. The van der Waals surface area contributed by atoms with Crippen LogP contribution in [-0.4, -0.2) is 36.4 Å². The van der Waals surface area contributed by atoms with Crippen molar-refractivity contribution in [1.29, 1.82) is 0 Å². The summed E-state index contributed by atoms with van der Waals surface area (Å²) in [4.78, 5) is 0. The van der Waals surface area contributed by atoms with Crippen LogP contribution in [0.3, 0.4) is 0 Å². The number of hydrogen-bond acceptors (Lipinski definition) is 2. The van der Waals surface area contributed by atoms with Gasteiger partial charge in [0.05, 0.1) is 11.4 Å². The van der Waals surface area contributed by atoms with Gasteiger partial charge < -0.3 is 9.11 Å². The molecule has 0 radical (unpaired) electrons. The summed E-state index contributed by atoms with van der Waals surface area (Å²) >= 11 is -2.86. The molecule has 0 aromatic heterocycles. The maximum absolute atomic E-state index is 8.56. The second kappa shape index (κ2) is 4.84. The van der Waals surface area contributed by atoms with Crippen LogP contribution < -0.4 is 0 Å². The minimum Gasteiger partial charge on any atom is -0.750 e. The molecule has 5 heavy (non-hydrogen) atoms. The average molecular weight is 105 g/mol. The Morgan fingerprint density at radius 1 is 1.80 bits per heavy atom. The van der Waals surface area contributed by atoms with E-state index in [4.69, 9.17) is 13.3 Å². The minimum atomic E-state index is -2.86. The van der Waals surface area contributed by atoms with Crippen LogP contribution in [-0.2, 0) is 11.4 Å². The molecule has 0 bridgehead atoms. The van der Waals surface area contributed by atoms with Gasteiger partial charge in [-0.25, -0.2) is 4.21 Å². The first-order chi connectivity index (χ1) is 1.73. The van der Waals surface area contributed by atoms with Gasteiger partial charge in [-0.2, -0.15) is 0 Å². The Hall–Kier alpha value is 0.836. The van der Waals surface area contributed by atoms with E-state index in [2.05, 4.69) is 0 Å². The summed E-state index contributed by atoms with van der Waals surface area (Å²) in [5, 5.41) is 0. The van der Waals surface area contributed by atoms with E-state index in [1.807, 2.05) is 0 Å². The molecule has 0 saturated heterocycles. The number of hydrogen-bond donors (Lipinski definition) is 1. The Morgan fingerprint density at radius 2 is 1.80 bits per heavy atom. The van der Waals surface area contributed by atoms with Gasteiger partial charge >= 0.3 is 23.1 Å². The fourth-order valence-corrected chi connectivity index (χ4v) is 0. The third kappa shape index (κ3) is 55.6. The van der Waals surface area contributed by atoms with Crippen LogP contribution >= 0.6 is 0 Å². The van der Waals surface area contributed by atoms with Crippen molar-refractivity contribution in [3.63, 3.8) is 0 Å². The third-order valence-corrected chi connectivity index (χ3v) is 0. The van der Waals surface area contributed by atoms with Gasteiger partial charge in [-0.1, -0.05) is 0 Å². The summed E-state index contributed by atoms with van der Waals surface area (Å²) < 4.78 is 24.1. The summed E-state index contributed by atoms with van der Waals surface area (Å²) in [5.41, 5.74) is 0. The van der Waals surface area contributed by atoms with E-state index in [-0.39, 0.29) is 23.1 Å². The summed E-state index contributed by atoms with van der Waals surface area (Å²) in [6.45, 7) is 0. The van der Waals surface area contributed by atoms with E-state index in [1.165, 1.54) is 0 Å². The van der Waals surface area contributed by atoms with Gasteiger partial charge in [0.1, 0.15) is 0 Å². The van der Waals surface area contributed by atoms with Crippen LogP contribution in [0.4, 0.5) is 0 Å². The smallest absolute Gasteiger partial charge is 0.750 e. The molecule has 0 aliphatic rings. The molecular weight excluding hydrogens is 104 g/mol. The second-order valence-electron chi connectivity index (χ2n) is 0.217. The predicted molar refractivity (Wildman–Crippen MR) is 17.3 cm³/mol. The van der Waals surface area contributed by atoms with Crippen molar-refractivity contribution < 1.29 is 13.3 Å². The summed E-state index contributed by atoms with van der Waals surface area (Å²) in [6.07, 6.45) is 0. The zero-order chi connectivity index (χ0) is 3.58. The van der Waals surface area contributed by atoms with Crippen molar-refractivity contribution in [3.8, 4) is 0 Å². The molecule has 0 spiro atoms. The average Bonchev–Trinajstić information content (AvgIpc) is 0.811. The molecule has 0 aliphatic carbocycles. The van der Waals surface area contributed by atoms with Crippen molar-refractivity contribution in [1.82, 2.24) is 0 Å². The minimum absolute atomic E-state index is 0. The first-order valence-electron chi connectivity index (χ1n) is 0.516. The maximum Gasteiger partial charge on any atom is 2.00 e. The Kier molecular flexibility index (Phi) is 8.97. The molecule has 1 atom stereocenters. The molecule has 0 aromatic rings. The van der Waals surface area contributed by atoms with Crippen LogP contribution in [0.25, 0.3) is 0 Å². The van der Waals surface area contributed by atoms with E-state index in [0.29, 0.717) is 0 Å². The Morgan fingerprint density at radius 3 is 1.80 bits per heavy atom. The van der Waals surface area contributed by atoms with Crippen molar-refractivity contribution in [2.45, 2.75) is 0 Å². The Labute approximate surface area is 48.0 Å². The van der Waals surface area contributed by atoms with E-state index in [0.717, 1.165) is 0 Å². The molecule has 0 heterocycles. The van der Waals surface area contributed by atoms with E-state index in [9.17, 15) is 0 Å². The van der Waals surface area contributed by atoms with Gasteiger partial charge in [0.15, 0.2) is 0 Å². The molecule has 0 aromatic carbocycles. The standard InChI is InChI=1S/Mg.H2O3S/c;1-4(2)3/h;(H2,1,2,3)/q+2;/p-1. The van der Waals surface area contributed by atoms with Gasteiger partial charge in [-0.3, -0.25) is 0 Å². The fraction of sp³-hybridized carbons (Fsp3) is 0. The number of rotatable bonds is 0. The van der Waals surface area contributed by atoms with Crippen LogP contribution in [0.15, 0.2) is 0 Å². The molecule has 5 heteroatoms. The largest absolute Gasteiger partial charge is 2.00 e. The topological polar surface area (TPSA) is 60.4 Å². The van der Waals surface area contributed by atoms with E-state index >= 15 is 0 Å². The zero-order valence-corrected chi connectivity index (χ0v) is 4.61. The first-order valence-corrected chi connectivity index (χ1v) is 1.55. The van der Waals surface area contributed by atoms with Gasteiger partial charge in [0.2, 0.25) is 0 Å².